The van der Waals surface area contributed by atoms with Crippen LogP contribution in [0.1, 0.15) is 19.8 Å². The van der Waals surface area contributed by atoms with E-state index >= 15 is 0 Å². The van der Waals surface area contributed by atoms with Crippen LogP contribution in [0.2, 0.25) is 0 Å². The van der Waals surface area contributed by atoms with E-state index in [2.05, 4.69) is 5.32 Å². The van der Waals surface area contributed by atoms with Gasteiger partial charge in [0.15, 0.2) is 0 Å². The third-order valence-corrected chi connectivity index (χ3v) is 2.48. The molecule has 1 atom stereocenters. The Bertz CT molecular complexity index is 323. The lowest BCUT2D eigenvalue weighted by atomic mass is 10.1. The first-order valence-corrected chi connectivity index (χ1v) is 6.08. The molecular formula is C11H19F3N2O4. The van der Waals surface area contributed by atoms with Gasteiger partial charge in [0.05, 0.1) is 6.61 Å². The number of carbonyl (C=O) groups excluding carboxylic acids is 1. The van der Waals surface area contributed by atoms with E-state index in [4.69, 9.17) is 10.2 Å². The van der Waals surface area contributed by atoms with Crippen LogP contribution in [0.4, 0.5) is 18.0 Å². The monoisotopic (exact) mass is 300 g/mol. The highest BCUT2D eigenvalue weighted by Crippen LogP contribution is 2.16. The SMILES string of the molecule is CC(CCC(=O)O)CNC(=O)N(CCO)CC(F)(F)F. The number of urea groups is 1. The number of rotatable bonds is 8. The summed E-state index contributed by atoms with van der Waals surface area (Å²) in [7, 11) is 0. The molecule has 0 aliphatic rings. The largest absolute Gasteiger partial charge is 0.481 e. The number of aliphatic hydroxyl groups is 1. The highest BCUT2D eigenvalue weighted by molar-refractivity contribution is 5.74. The normalized spacial score (nSPS) is 12.8. The van der Waals surface area contributed by atoms with Crippen molar-refractivity contribution < 1.29 is 33.0 Å². The van der Waals surface area contributed by atoms with E-state index < -0.39 is 37.9 Å². The summed E-state index contributed by atoms with van der Waals surface area (Å²) in [6, 6.07) is -0.932. The van der Waals surface area contributed by atoms with Gasteiger partial charge in [-0.3, -0.25) is 4.79 Å². The Kier molecular flexibility index (Phi) is 7.97. The number of nitrogens with one attached hydrogen (secondary N) is 1. The number of nitrogens with zero attached hydrogens (tertiary/aromatic N) is 1. The molecule has 0 aromatic heterocycles. The number of hydrogen-bond acceptors (Lipinski definition) is 3. The molecule has 20 heavy (non-hydrogen) atoms. The Hall–Kier alpha value is -1.51. The predicted octanol–water partition coefficient (Wildman–Crippen LogP) is 1.05. The zero-order valence-electron chi connectivity index (χ0n) is 11.1. The molecule has 6 nitrogen and oxygen atoms in total. The van der Waals surface area contributed by atoms with E-state index in [1.807, 2.05) is 0 Å². The molecule has 1 unspecified atom stereocenters. The van der Waals surface area contributed by atoms with Gasteiger partial charge in [0.1, 0.15) is 6.54 Å². The van der Waals surface area contributed by atoms with Crippen molar-refractivity contribution in [3.8, 4) is 0 Å². The van der Waals surface area contributed by atoms with Crippen LogP contribution < -0.4 is 5.32 Å². The fourth-order valence-electron chi connectivity index (χ4n) is 1.43. The quantitative estimate of drug-likeness (QED) is 0.625. The lowest BCUT2D eigenvalue weighted by Crippen LogP contribution is -2.47. The van der Waals surface area contributed by atoms with Crippen molar-refractivity contribution in [3.05, 3.63) is 0 Å². The van der Waals surface area contributed by atoms with E-state index in [-0.39, 0.29) is 18.9 Å². The van der Waals surface area contributed by atoms with Crippen molar-refractivity contribution in [3.63, 3.8) is 0 Å². The molecule has 0 saturated heterocycles. The number of amides is 2. The van der Waals surface area contributed by atoms with Gasteiger partial charge in [0.2, 0.25) is 0 Å². The molecular weight excluding hydrogens is 281 g/mol. The minimum Gasteiger partial charge on any atom is -0.481 e. The first kappa shape index (κ1) is 18.5. The third-order valence-electron chi connectivity index (χ3n) is 2.48. The number of halogens is 3. The van der Waals surface area contributed by atoms with Gasteiger partial charge in [-0.1, -0.05) is 6.92 Å². The van der Waals surface area contributed by atoms with Crippen molar-refractivity contribution in [2.24, 2.45) is 5.92 Å². The minimum atomic E-state index is -4.54. The van der Waals surface area contributed by atoms with E-state index in [9.17, 15) is 22.8 Å². The zero-order chi connectivity index (χ0) is 15.8. The highest BCUT2D eigenvalue weighted by atomic mass is 19.4. The average molecular weight is 300 g/mol. The number of carboxylic acid groups (broad SMARTS) is 1. The van der Waals surface area contributed by atoms with Gasteiger partial charge in [-0.05, 0) is 12.3 Å². The van der Waals surface area contributed by atoms with E-state index in [1.165, 1.54) is 0 Å². The smallest absolute Gasteiger partial charge is 0.406 e. The van der Waals surface area contributed by atoms with Gasteiger partial charge in [0.25, 0.3) is 0 Å². The summed E-state index contributed by atoms with van der Waals surface area (Å²) in [5.74, 6) is -1.14. The number of aliphatic carboxylic acids is 1. The number of aliphatic hydroxyl groups excluding tert-OH is 1. The van der Waals surface area contributed by atoms with Gasteiger partial charge in [-0.2, -0.15) is 13.2 Å². The molecule has 0 spiro atoms. The summed E-state index contributed by atoms with van der Waals surface area (Å²) in [5, 5.41) is 19.4. The first-order valence-electron chi connectivity index (χ1n) is 6.08. The van der Waals surface area contributed by atoms with E-state index in [0.29, 0.717) is 11.3 Å². The van der Waals surface area contributed by atoms with Crippen molar-refractivity contribution in [1.82, 2.24) is 10.2 Å². The standard InChI is InChI=1S/C11H19F3N2O4/c1-8(2-3-9(18)19)6-15-10(20)16(4-5-17)7-11(12,13)14/h8,17H,2-7H2,1H3,(H,15,20)(H,18,19). The highest BCUT2D eigenvalue weighted by Gasteiger charge is 2.32. The van der Waals surface area contributed by atoms with Crippen molar-refractivity contribution in [2.75, 3.05) is 26.2 Å². The summed E-state index contributed by atoms with van der Waals surface area (Å²) in [4.78, 5) is 22.3. The van der Waals surface area contributed by atoms with Crippen LogP contribution in [0.3, 0.4) is 0 Å². The Morgan fingerprint density at radius 3 is 2.40 bits per heavy atom. The van der Waals surface area contributed by atoms with Crippen molar-refractivity contribution >= 4 is 12.0 Å². The van der Waals surface area contributed by atoms with E-state index in [1.54, 1.807) is 6.92 Å². The maximum atomic E-state index is 12.2. The minimum absolute atomic E-state index is 0.0695. The molecule has 0 radical (unpaired) electrons. The molecule has 0 aromatic rings. The average Bonchev–Trinajstić information content (AvgIpc) is 2.31. The molecule has 118 valence electrons. The van der Waals surface area contributed by atoms with Crippen LogP contribution in [0, 0.1) is 5.92 Å². The lowest BCUT2D eigenvalue weighted by molar-refractivity contribution is -0.141. The fraction of sp³-hybridized carbons (Fsp3) is 0.818. The topological polar surface area (TPSA) is 89.9 Å². The summed E-state index contributed by atoms with van der Waals surface area (Å²) in [6.07, 6.45) is -4.30. The number of hydrogen-bond donors (Lipinski definition) is 3. The predicted molar refractivity (Wildman–Crippen MR) is 64.1 cm³/mol. The summed E-state index contributed by atoms with van der Waals surface area (Å²) in [6.45, 7) is -0.676. The van der Waals surface area contributed by atoms with Crippen molar-refractivity contribution in [2.45, 2.75) is 25.9 Å². The number of carboxylic acids is 1. The molecule has 0 aliphatic heterocycles. The fourth-order valence-corrected chi connectivity index (χ4v) is 1.43. The second kappa shape index (κ2) is 8.62. The lowest BCUT2D eigenvalue weighted by Gasteiger charge is -2.24. The van der Waals surface area contributed by atoms with Gasteiger partial charge in [-0.15, -0.1) is 0 Å². The molecule has 0 aliphatic carbocycles. The molecule has 0 rings (SSSR count). The van der Waals surface area contributed by atoms with Crippen LogP contribution in [-0.2, 0) is 4.79 Å². The maximum absolute atomic E-state index is 12.2. The van der Waals surface area contributed by atoms with Crippen LogP contribution in [0.5, 0.6) is 0 Å². The number of carbonyl (C=O) groups is 2. The zero-order valence-corrected chi connectivity index (χ0v) is 11.1. The Labute approximate surface area is 114 Å². The summed E-state index contributed by atoms with van der Waals surface area (Å²) in [5.41, 5.74) is 0. The molecule has 2 amide bonds. The molecule has 0 fully saturated rings. The van der Waals surface area contributed by atoms with Crippen LogP contribution in [0.25, 0.3) is 0 Å². The van der Waals surface area contributed by atoms with Gasteiger partial charge >= 0.3 is 18.2 Å². The Morgan fingerprint density at radius 1 is 1.35 bits per heavy atom. The van der Waals surface area contributed by atoms with Crippen LogP contribution in [-0.4, -0.2) is 59.5 Å². The number of alkyl halides is 3. The molecule has 0 heterocycles. The summed E-state index contributed by atoms with van der Waals surface area (Å²) >= 11 is 0. The van der Waals surface area contributed by atoms with Crippen LogP contribution in [0.15, 0.2) is 0 Å². The Balaban J connectivity index is 4.22. The second-order valence-corrected chi connectivity index (χ2v) is 4.48. The van der Waals surface area contributed by atoms with E-state index in [0.717, 1.165) is 0 Å². The van der Waals surface area contributed by atoms with Gasteiger partial charge < -0.3 is 20.4 Å². The molecule has 3 N–H and O–H groups in total. The van der Waals surface area contributed by atoms with Gasteiger partial charge in [-0.25, -0.2) is 4.79 Å². The first-order chi connectivity index (χ1) is 9.15. The molecule has 0 bridgehead atoms. The van der Waals surface area contributed by atoms with Gasteiger partial charge in [0, 0.05) is 19.5 Å². The van der Waals surface area contributed by atoms with Crippen LogP contribution >= 0.6 is 0 Å². The maximum Gasteiger partial charge on any atom is 0.406 e. The molecule has 0 saturated carbocycles. The second-order valence-electron chi connectivity index (χ2n) is 4.48. The summed E-state index contributed by atoms with van der Waals surface area (Å²) < 4.78 is 36.7. The molecule has 9 heteroatoms. The third kappa shape index (κ3) is 9.42. The Morgan fingerprint density at radius 2 is 1.95 bits per heavy atom. The van der Waals surface area contributed by atoms with Crippen molar-refractivity contribution in [1.29, 1.82) is 0 Å². The molecule has 0 aromatic carbocycles.